The van der Waals surface area contributed by atoms with Crippen molar-refractivity contribution in [2.75, 3.05) is 6.54 Å². The molecule has 0 aromatic heterocycles. The van der Waals surface area contributed by atoms with Crippen LogP contribution >= 0.6 is 0 Å². The van der Waals surface area contributed by atoms with Gasteiger partial charge in [-0.1, -0.05) is 54.4 Å². The molecule has 0 aliphatic carbocycles. The summed E-state index contributed by atoms with van der Waals surface area (Å²) in [5.41, 5.74) is 0.177. The van der Waals surface area contributed by atoms with Crippen LogP contribution < -0.4 is 5.32 Å². The highest BCUT2D eigenvalue weighted by Gasteiger charge is 2.15. The smallest absolute Gasteiger partial charge is 0.220 e. The molecule has 0 radical (unpaired) electrons. The zero-order valence-corrected chi connectivity index (χ0v) is 12.6. The van der Waals surface area contributed by atoms with Gasteiger partial charge in [0.2, 0.25) is 5.91 Å². The molecule has 102 valence electrons. The van der Waals surface area contributed by atoms with Crippen LogP contribution in [0, 0.1) is 17.3 Å². The second-order valence-corrected chi connectivity index (χ2v) is 6.62. The van der Waals surface area contributed by atoms with Gasteiger partial charge in [0, 0.05) is 13.0 Å². The van der Waals surface area contributed by atoms with E-state index in [0.29, 0.717) is 12.3 Å². The van der Waals surface area contributed by atoms with E-state index in [1.165, 1.54) is 12.8 Å². The van der Waals surface area contributed by atoms with Crippen molar-refractivity contribution < 1.29 is 4.79 Å². The quantitative estimate of drug-likeness (QED) is 0.717. The second kappa shape index (κ2) is 7.73. The zero-order valence-electron chi connectivity index (χ0n) is 12.6. The van der Waals surface area contributed by atoms with Crippen LogP contribution in [-0.4, -0.2) is 12.5 Å². The number of carbonyl (C=O) groups excluding carboxylic acids is 1. The Hall–Kier alpha value is -0.530. The van der Waals surface area contributed by atoms with Crippen molar-refractivity contribution in [3.05, 3.63) is 0 Å². The summed E-state index contributed by atoms with van der Waals surface area (Å²) in [6.45, 7) is 14.0. The van der Waals surface area contributed by atoms with Gasteiger partial charge in [-0.25, -0.2) is 0 Å². The Morgan fingerprint density at radius 2 is 1.65 bits per heavy atom. The molecule has 2 nitrogen and oxygen atoms in total. The predicted molar refractivity (Wildman–Crippen MR) is 74.9 cm³/mol. The largest absolute Gasteiger partial charge is 0.356 e. The lowest BCUT2D eigenvalue weighted by Crippen LogP contribution is -2.32. The standard InChI is InChI=1S/C15H31NO/c1-7-8-12(2)13(3)9-10-14(17)16-11-15(4,5)6/h12-13H,7-11H2,1-6H3,(H,16,17). The topological polar surface area (TPSA) is 29.1 Å². The highest BCUT2D eigenvalue weighted by Crippen LogP contribution is 2.21. The highest BCUT2D eigenvalue weighted by atomic mass is 16.1. The van der Waals surface area contributed by atoms with Crippen LogP contribution in [-0.2, 0) is 4.79 Å². The van der Waals surface area contributed by atoms with Crippen molar-refractivity contribution in [2.45, 2.75) is 67.2 Å². The van der Waals surface area contributed by atoms with Crippen LogP contribution in [0.4, 0.5) is 0 Å². The molecule has 0 bridgehead atoms. The third-order valence-electron chi connectivity index (χ3n) is 3.36. The summed E-state index contributed by atoms with van der Waals surface area (Å²) < 4.78 is 0. The van der Waals surface area contributed by atoms with E-state index in [2.05, 4.69) is 46.9 Å². The second-order valence-electron chi connectivity index (χ2n) is 6.62. The van der Waals surface area contributed by atoms with Gasteiger partial charge in [0.05, 0.1) is 0 Å². The number of rotatable bonds is 7. The Bertz CT molecular complexity index is 217. The summed E-state index contributed by atoms with van der Waals surface area (Å²) in [6, 6.07) is 0. The first kappa shape index (κ1) is 16.5. The minimum atomic E-state index is 0.177. The molecule has 17 heavy (non-hydrogen) atoms. The third kappa shape index (κ3) is 9.20. The van der Waals surface area contributed by atoms with Crippen LogP contribution in [0.2, 0.25) is 0 Å². The van der Waals surface area contributed by atoms with E-state index in [0.717, 1.165) is 18.9 Å². The van der Waals surface area contributed by atoms with Crippen LogP contribution in [0.5, 0.6) is 0 Å². The summed E-state index contributed by atoms with van der Waals surface area (Å²) in [4.78, 5) is 11.7. The SMILES string of the molecule is CCCC(C)C(C)CCC(=O)NCC(C)(C)C. The Morgan fingerprint density at radius 3 is 2.12 bits per heavy atom. The van der Waals surface area contributed by atoms with Gasteiger partial charge in [-0.15, -0.1) is 0 Å². The van der Waals surface area contributed by atoms with Crippen molar-refractivity contribution in [1.82, 2.24) is 5.32 Å². The van der Waals surface area contributed by atoms with Gasteiger partial charge >= 0.3 is 0 Å². The average molecular weight is 241 g/mol. The first-order chi connectivity index (χ1) is 7.76. The van der Waals surface area contributed by atoms with Crippen molar-refractivity contribution in [3.63, 3.8) is 0 Å². The monoisotopic (exact) mass is 241 g/mol. The molecular weight excluding hydrogens is 210 g/mol. The fraction of sp³-hybridized carbons (Fsp3) is 0.933. The summed E-state index contributed by atoms with van der Waals surface area (Å²) in [5.74, 6) is 1.58. The fourth-order valence-electron chi connectivity index (χ4n) is 1.84. The molecule has 1 N–H and O–H groups in total. The Kier molecular flexibility index (Phi) is 7.49. The normalized spacial score (nSPS) is 15.4. The van der Waals surface area contributed by atoms with Crippen molar-refractivity contribution in [1.29, 1.82) is 0 Å². The van der Waals surface area contributed by atoms with Gasteiger partial charge in [-0.2, -0.15) is 0 Å². The molecule has 0 aromatic carbocycles. The molecule has 0 spiro atoms. The lowest BCUT2D eigenvalue weighted by molar-refractivity contribution is -0.121. The predicted octanol–water partition coefficient (Wildman–Crippen LogP) is 4.00. The highest BCUT2D eigenvalue weighted by molar-refractivity contribution is 5.75. The zero-order chi connectivity index (χ0) is 13.5. The molecule has 2 unspecified atom stereocenters. The molecule has 0 aliphatic rings. The number of hydrogen-bond acceptors (Lipinski definition) is 1. The van der Waals surface area contributed by atoms with Crippen molar-refractivity contribution in [2.24, 2.45) is 17.3 Å². The summed E-state index contributed by atoms with van der Waals surface area (Å²) in [6.07, 6.45) is 4.19. The van der Waals surface area contributed by atoms with Gasteiger partial charge in [0.1, 0.15) is 0 Å². The van der Waals surface area contributed by atoms with Crippen LogP contribution in [0.25, 0.3) is 0 Å². The molecule has 0 saturated carbocycles. The molecule has 0 rings (SSSR count). The van der Waals surface area contributed by atoms with Gasteiger partial charge < -0.3 is 5.32 Å². The molecule has 0 aliphatic heterocycles. The van der Waals surface area contributed by atoms with E-state index in [1.807, 2.05) is 0 Å². The molecule has 0 aromatic rings. The van der Waals surface area contributed by atoms with Gasteiger partial charge in [-0.05, 0) is 23.7 Å². The molecule has 0 saturated heterocycles. The molecule has 2 atom stereocenters. The third-order valence-corrected chi connectivity index (χ3v) is 3.36. The van der Waals surface area contributed by atoms with E-state index < -0.39 is 0 Å². The van der Waals surface area contributed by atoms with E-state index in [-0.39, 0.29) is 11.3 Å². The van der Waals surface area contributed by atoms with E-state index in [1.54, 1.807) is 0 Å². The maximum Gasteiger partial charge on any atom is 0.220 e. The summed E-state index contributed by atoms with van der Waals surface area (Å²) >= 11 is 0. The first-order valence-electron chi connectivity index (χ1n) is 7.03. The molecule has 2 heteroatoms. The van der Waals surface area contributed by atoms with Crippen molar-refractivity contribution in [3.8, 4) is 0 Å². The van der Waals surface area contributed by atoms with E-state index in [9.17, 15) is 4.79 Å². The van der Waals surface area contributed by atoms with E-state index >= 15 is 0 Å². The first-order valence-corrected chi connectivity index (χ1v) is 7.03. The Labute approximate surface area is 108 Å². The molecule has 1 amide bonds. The van der Waals surface area contributed by atoms with Crippen LogP contribution in [0.3, 0.4) is 0 Å². The minimum Gasteiger partial charge on any atom is -0.356 e. The summed E-state index contributed by atoms with van der Waals surface area (Å²) in [7, 11) is 0. The molecule has 0 fully saturated rings. The Morgan fingerprint density at radius 1 is 1.12 bits per heavy atom. The molecular formula is C15H31NO. The van der Waals surface area contributed by atoms with Gasteiger partial charge in [0.15, 0.2) is 0 Å². The van der Waals surface area contributed by atoms with E-state index in [4.69, 9.17) is 0 Å². The van der Waals surface area contributed by atoms with Crippen LogP contribution in [0.1, 0.15) is 67.2 Å². The number of hydrogen-bond donors (Lipinski definition) is 1. The number of amides is 1. The molecule has 0 heterocycles. The van der Waals surface area contributed by atoms with Gasteiger partial charge in [0.25, 0.3) is 0 Å². The minimum absolute atomic E-state index is 0.177. The lowest BCUT2D eigenvalue weighted by Gasteiger charge is -2.21. The fourth-order valence-corrected chi connectivity index (χ4v) is 1.84. The lowest BCUT2D eigenvalue weighted by atomic mass is 9.88. The summed E-state index contributed by atoms with van der Waals surface area (Å²) in [5, 5.41) is 3.01. The number of nitrogens with one attached hydrogen (secondary N) is 1. The maximum absolute atomic E-state index is 11.7. The Balaban J connectivity index is 3.76. The average Bonchev–Trinajstić information content (AvgIpc) is 2.22. The van der Waals surface area contributed by atoms with Crippen LogP contribution in [0.15, 0.2) is 0 Å². The maximum atomic E-state index is 11.7. The van der Waals surface area contributed by atoms with Gasteiger partial charge in [-0.3, -0.25) is 4.79 Å². The van der Waals surface area contributed by atoms with Crippen molar-refractivity contribution >= 4 is 5.91 Å². The number of carbonyl (C=O) groups is 1.